The molecule has 0 atom stereocenters. The second kappa shape index (κ2) is 10.2. The number of anilines is 1. The number of carbonyl (C=O) groups is 3. The number of rotatable bonds is 6. The SMILES string of the molecule is COc1cc(/C=C2\C(=O)NC(=O)N(c3ccc(Br)cc3)C2=O)ccc1OCc1ccccc1C#N. The molecule has 3 aromatic carbocycles. The number of nitriles is 1. The van der Waals surface area contributed by atoms with Crippen LogP contribution in [0.15, 0.2) is 76.8 Å². The Balaban J connectivity index is 1.60. The van der Waals surface area contributed by atoms with E-state index in [0.29, 0.717) is 28.3 Å². The van der Waals surface area contributed by atoms with Crippen LogP contribution in [0.1, 0.15) is 16.7 Å². The van der Waals surface area contributed by atoms with Crippen molar-refractivity contribution in [3.05, 3.63) is 93.5 Å². The molecule has 0 radical (unpaired) electrons. The maximum atomic E-state index is 13.1. The Morgan fingerprint density at radius 2 is 1.77 bits per heavy atom. The van der Waals surface area contributed by atoms with Crippen molar-refractivity contribution >= 4 is 45.5 Å². The maximum Gasteiger partial charge on any atom is 0.335 e. The number of methoxy groups -OCH3 is 1. The molecule has 4 rings (SSSR count). The molecule has 1 aliphatic heterocycles. The standard InChI is InChI=1S/C26H18BrN3O5/c1-34-23-13-16(6-11-22(23)35-15-18-5-3-2-4-17(18)14-28)12-21-24(31)29-26(33)30(25(21)32)20-9-7-19(27)8-10-20/h2-13H,15H2,1H3,(H,29,31,33)/b21-12+. The number of nitrogens with one attached hydrogen (secondary N) is 1. The first-order chi connectivity index (χ1) is 16.9. The highest BCUT2D eigenvalue weighted by molar-refractivity contribution is 9.10. The first kappa shape index (κ1) is 23.7. The van der Waals surface area contributed by atoms with Gasteiger partial charge in [0.2, 0.25) is 0 Å². The molecule has 9 heteroatoms. The number of halogens is 1. The van der Waals surface area contributed by atoms with Crippen molar-refractivity contribution in [1.29, 1.82) is 5.26 Å². The topological polar surface area (TPSA) is 109 Å². The normalized spacial score (nSPS) is 14.5. The Morgan fingerprint density at radius 1 is 1.03 bits per heavy atom. The minimum absolute atomic E-state index is 0.158. The van der Waals surface area contributed by atoms with E-state index in [1.54, 1.807) is 60.7 Å². The van der Waals surface area contributed by atoms with Gasteiger partial charge in [0.1, 0.15) is 12.2 Å². The molecular formula is C26H18BrN3O5. The summed E-state index contributed by atoms with van der Waals surface area (Å²) in [6.07, 6.45) is 1.38. The Hall–Kier alpha value is -4.42. The summed E-state index contributed by atoms with van der Waals surface area (Å²) in [6, 6.07) is 19.9. The Bertz CT molecular complexity index is 1390. The van der Waals surface area contributed by atoms with Gasteiger partial charge in [-0.2, -0.15) is 5.26 Å². The second-order valence-electron chi connectivity index (χ2n) is 7.40. The number of carbonyl (C=O) groups excluding carboxylic acids is 3. The predicted molar refractivity (Wildman–Crippen MR) is 132 cm³/mol. The van der Waals surface area contributed by atoms with Gasteiger partial charge in [-0.1, -0.05) is 40.2 Å². The third-order valence-corrected chi connectivity index (χ3v) is 5.73. The van der Waals surface area contributed by atoms with E-state index in [-0.39, 0.29) is 12.2 Å². The van der Waals surface area contributed by atoms with Crippen LogP contribution in [0.25, 0.3) is 6.08 Å². The van der Waals surface area contributed by atoms with Crippen molar-refractivity contribution < 1.29 is 23.9 Å². The molecule has 1 fully saturated rings. The predicted octanol–water partition coefficient (Wildman–Crippen LogP) is 4.57. The van der Waals surface area contributed by atoms with E-state index in [0.717, 1.165) is 14.9 Å². The van der Waals surface area contributed by atoms with Gasteiger partial charge in [-0.3, -0.25) is 14.9 Å². The van der Waals surface area contributed by atoms with Gasteiger partial charge >= 0.3 is 6.03 Å². The monoisotopic (exact) mass is 531 g/mol. The van der Waals surface area contributed by atoms with Crippen LogP contribution in [0.2, 0.25) is 0 Å². The lowest BCUT2D eigenvalue weighted by Gasteiger charge is -2.26. The van der Waals surface area contributed by atoms with Gasteiger partial charge in [0.05, 0.1) is 24.4 Å². The van der Waals surface area contributed by atoms with Crippen molar-refractivity contribution in [1.82, 2.24) is 5.32 Å². The third kappa shape index (κ3) is 5.08. The molecule has 4 amide bonds. The highest BCUT2D eigenvalue weighted by Crippen LogP contribution is 2.31. The Kier molecular flexibility index (Phi) is 6.94. The van der Waals surface area contributed by atoms with E-state index in [4.69, 9.17) is 9.47 Å². The number of urea groups is 1. The lowest BCUT2D eigenvalue weighted by Crippen LogP contribution is -2.54. The minimum Gasteiger partial charge on any atom is -0.493 e. The molecule has 0 bridgehead atoms. The number of hydrogen-bond acceptors (Lipinski definition) is 6. The molecule has 1 aliphatic rings. The highest BCUT2D eigenvalue weighted by atomic mass is 79.9. The van der Waals surface area contributed by atoms with Gasteiger partial charge in [0.25, 0.3) is 11.8 Å². The summed E-state index contributed by atoms with van der Waals surface area (Å²) in [5, 5.41) is 11.4. The second-order valence-corrected chi connectivity index (χ2v) is 8.32. The fourth-order valence-corrected chi connectivity index (χ4v) is 3.72. The first-order valence-electron chi connectivity index (χ1n) is 10.4. The zero-order valence-corrected chi connectivity index (χ0v) is 20.0. The number of ether oxygens (including phenoxy) is 2. The summed E-state index contributed by atoms with van der Waals surface area (Å²) in [4.78, 5) is 38.8. The van der Waals surface area contributed by atoms with Crippen molar-refractivity contribution in [2.45, 2.75) is 6.61 Å². The molecule has 0 spiro atoms. The fraction of sp³-hybridized carbons (Fsp3) is 0.0769. The quantitative estimate of drug-likeness (QED) is 0.368. The van der Waals surface area contributed by atoms with Gasteiger partial charge in [0, 0.05) is 10.0 Å². The van der Waals surface area contributed by atoms with Crippen LogP contribution >= 0.6 is 15.9 Å². The van der Waals surface area contributed by atoms with E-state index in [2.05, 4.69) is 27.3 Å². The molecule has 1 saturated heterocycles. The summed E-state index contributed by atoms with van der Waals surface area (Å²) < 4.78 is 12.0. The lowest BCUT2D eigenvalue weighted by molar-refractivity contribution is -0.122. The van der Waals surface area contributed by atoms with E-state index < -0.39 is 17.8 Å². The van der Waals surface area contributed by atoms with Crippen molar-refractivity contribution in [2.24, 2.45) is 0 Å². The lowest BCUT2D eigenvalue weighted by atomic mass is 10.1. The largest absolute Gasteiger partial charge is 0.493 e. The number of imide groups is 2. The maximum absolute atomic E-state index is 13.1. The summed E-state index contributed by atoms with van der Waals surface area (Å²) >= 11 is 3.31. The van der Waals surface area contributed by atoms with E-state index in [9.17, 15) is 19.6 Å². The average Bonchev–Trinajstić information content (AvgIpc) is 2.86. The minimum atomic E-state index is -0.821. The number of barbiturate groups is 1. The molecule has 8 nitrogen and oxygen atoms in total. The molecule has 0 aliphatic carbocycles. The van der Waals surface area contributed by atoms with E-state index in [1.807, 2.05) is 6.07 Å². The zero-order valence-electron chi connectivity index (χ0n) is 18.4. The molecule has 174 valence electrons. The van der Waals surface area contributed by atoms with Crippen LogP contribution in [0, 0.1) is 11.3 Å². The third-order valence-electron chi connectivity index (χ3n) is 5.21. The van der Waals surface area contributed by atoms with Crippen LogP contribution < -0.4 is 19.7 Å². The summed E-state index contributed by atoms with van der Waals surface area (Å²) in [5.41, 5.74) is 1.86. The van der Waals surface area contributed by atoms with Crippen LogP contribution in [0.5, 0.6) is 11.5 Å². The van der Waals surface area contributed by atoms with Crippen molar-refractivity contribution in [2.75, 3.05) is 12.0 Å². The van der Waals surface area contributed by atoms with Gasteiger partial charge in [-0.05, 0) is 54.1 Å². The van der Waals surface area contributed by atoms with Gasteiger partial charge < -0.3 is 9.47 Å². The number of amides is 4. The fourth-order valence-electron chi connectivity index (χ4n) is 3.45. The van der Waals surface area contributed by atoms with Gasteiger partial charge in [0.15, 0.2) is 11.5 Å². The van der Waals surface area contributed by atoms with E-state index >= 15 is 0 Å². The highest BCUT2D eigenvalue weighted by Gasteiger charge is 2.36. The van der Waals surface area contributed by atoms with Gasteiger partial charge in [-0.25, -0.2) is 9.69 Å². The molecule has 1 N–H and O–H groups in total. The molecule has 0 aromatic heterocycles. The van der Waals surface area contributed by atoms with E-state index in [1.165, 1.54) is 13.2 Å². The molecule has 3 aromatic rings. The van der Waals surface area contributed by atoms with Gasteiger partial charge in [-0.15, -0.1) is 0 Å². The summed E-state index contributed by atoms with van der Waals surface area (Å²) in [5.74, 6) is -0.735. The first-order valence-corrected chi connectivity index (χ1v) is 11.2. The van der Waals surface area contributed by atoms with Crippen LogP contribution in [-0.2, 0) is 16.2 Å². The smallest absolute Gasteiger partial charge is 0.335 e. The molecular weight excluding hydrogens is 514 g/mol. The van der Waals surface area contributed by atoms with Crippen molar-refractivity contribution in [3.63, 3.8) is 0 Å². The van der Waals surface area contributed by atoms with Crippen LogP contribution in [-0.4, -0.2) is 25.0 Å². The zero-order chi connectivity index (χ0) is 24.9. The molecule has 35 heavy (non-hydrogen) atoms. The molecule has 0 unspecified atom stereocenters. The molecule has 1 heterocycles. The van der Waals surface area contributed by atoms with Crippen molar-refractivity contribution in [3.8, 4) is 17.6 Å². The Labute approximate surface area is 209 Å². The van der Waals surface area contributed by atoms with Crippen LogP contribution in [0.4, 0.5) is 10.5 Å². The number of nitrogens with zero attached hydrogens (tertiary/aromatic N) is 2. The summed E-state index contributed by atoms with van der Waals surface area (Å²) in [6.45, 7) is 0.158. The Morgan fingerprint density at radius 3 is 2.49 bits per heavy atom. The van der Waals surface area contributed by atoms with Crippen LogP contribution in [0.3, 0.4) is 0 Å². The number of hydrogen-bond donors (Lipinski definition) is 1. The summed E-state index contributed by atoms with van der Waals surface area (Å²) in [7, 11) is 1.47. The molecule has 0 saturated carbocycles. The average molecular weight is 532 g/mol. The number of benzene rings is 3.